The average Bonchev–Trinajstić information content (AvgIpc) is 2.71. The van der Waals surface area contributed by atoms with Gasteiger partial charge in [0.1, 0.15) is 12.9 Å². The maximum atomic E-state index is 13.0. The zero-order chi connectivity index (χ0) is 11.3. The molecule has 1 aromatic carbocycles. The van der Waals surface area contributed by atoms with Crippen LogP contribution < -0.4 is 5.30 Å². The molecule has 3 unspecified atom stereocenters. The summed E-state index contributed by atoms with van der Waals surface area (Å²) >= 11 is 0. The first kappa shape index (κ1) is 10.3. The van der Waals surface area contributed by atoms with Crippen molar-refractivity contribution < 1.29 is 9.36 Å². The van der Waals surface area contributed by atoms with Crippen LogP contribution in [0.2, 0.25) is 0 Å². The van der Waals surface area contributed by atoms with Gasteiger partial charge in [-0.1, -0.05) is 37.3 Å². The predicted molar refractivity (Wildman–Crippen MR) is 64.6 cm³/mol. The van der Waals surface area contributed by atoms with E-state index in [4.69, 9.17) is 0 Å². The van der Waals surface area contributed by atoms with E-state index in [9.17, 15) is 9.36 Å². The first-order valence-corrected chi connectivity index (χ1v) is 7.76. The van der Waals surface area contributed by atoms with E-state index in [2.05, 4.69) is 6.92 Å². The van der Waals surface area contributed by atoms with Crippen molar-refractivity contribution in [3.8, 4) is 0 Å². The monoisotopic (exact) mass is 234 g/mol. The highest BCUT2D eigenvalue weighted by Gasteiger charge is 2.57. The van der Waals surface area contributed by atoms with Crippen LogP contribution in [0.25, 0.3) is 0 Å². The molecule has 1 aliphatic carbocycles. The molecule has 2 nitrogen and oxygen atoms in total. The lowest BCUT2D eigenvalue weighted by Crippen LogP contribution is -2.21. The Morgan fingerprint density at radius 3 is 2.44 bits per heavy atom. The zero-order valence-corrected chi connectivity index (χ0v) is 10.2. The molecule has 0 amide bonds. The molecule has 1 aliphatic heterocycles. The van der Waals surface area contributed by atoms with E-state index >= 15 is 0 Å². The van der Waals surface area contributed by atoms with Gasteiger partial charge in [-0.15, -0.1) is 0 Å². The molecular weight excluding hydrogens is 219 g/mol. The normalized spacial score (nSPS) is 41.6. The smallest absolute Gasteiger partial charge is 0.137 e. The molecule has 1 heterocycles. The Hall–Kier alpha value is -0.880. The molecule has 3 heteroatoms. The van der Waals surface area contributed by atoms with Crippen LogP contribution in [0.5, 0.6) is 0 Å². The number of hydrogen-bond acceptors (Lipinski definition) is 2. The van der Waals surface area contributed by atoms with Crippen LogP contribution in [-0.2, 0) is 9.36 Å². The van der Waals surface area contributed by atoms with Crippen molar-refractivity contribution in [1.82, 2.24) is 0 Å². The quantitative estimate of drug-likeness (QED) is 0.698. The maximum absolute atomic E-state index is 13.0. The summed E-state index contributed by atoms with van der Waals surface area (Å²) in [5, 5.41) is 0.974. The highest BCUT2D eigenvalue weighted by atomic mass is 31.2. The fraction of sp³-hybridized carbons (Fsp3) is 0.462. The Labute approximate surface area is 95.4 Å². The number of ketones is 1. The second-order valence-corrected chi connectivity index (χ2v) is 8.15. The number of carbonyl (C=O) groups excluding carboxylic acids is 1. The summed E-state index contributed by atoms with van der Waals surface area (Å²) < 4.78 is 13.0. The molecule has 1 saturated heterocycles. The van der Waals surface area contributed by atoms with Gasteiger partial charge in [-0.05, 0) is 5.92 Å². The molecule has 84 valence electrons. The van der Waals surface area contributed by atoms with Crippen LogP contribution in [0.15, 0.2) is 30.3 Å². The molecule has 0 radical (unpaired) electrons. The predicted octanol–water partition coefficient (Wildman–Crippen LogP) is 2.28. The lowest BCUT2D eigenvalue weighted by molar-refractivity contribution is -0.120. The summed E-state index contributed by atoms with van der Waals surface area (Å²) in [7, 11) is -2.30. The highest BCUT2D eigenvalue weighted by molar-refractivity contribution is 7.72. The molecule has 1 aromatic rings. The van der Waals surface area contributed by atoms with Crippen molar-refractivity contribution in [1.29, 1.82) is 0 Å². The Morgan fingerprint density at radius 1 is 1.25 bits per heavy atom. The molecule has 0 aromatic heterocycles. The topological polar surface area (TPSA) is 34.1 Å². The van der Waals surface area contributed by atoms with Gasteiger partial charge in [-0.3, -0.25) is 4.79 Å². The van der Waals surface area contributed by atoms with E-state index in [1.54, 1.807) is 0 Å². The van der Waals surface area contributed by atoms with Crippen LogP contribution in [0.4, 0.5) is 0 Å². The van der Waals surface area contributed by atoms with Crippen molar-refractivity contribution in [2.45, 2.75) is 19.0 Å². The number of Topliss-reactive ketones (excluding diaryl/α,β-unsaturated/α-hetero) is 1. The van der Waals surface area contributed by atoms with Crippen LogP contribution in [0.3, 0.4) is 0 Å². The van der Waals surface area contributed by atoms with Crippen LogP contribution in [0, 0.1) is 11.8 Å². The second kappa shape index (κ2) is 3.30. The third-order valence-electron chi connectivity index (χ3n) is 4.26. The van der Waals surface area contributed by atoms with E-state index in [1.807, 2.05) is 30.3 Å². The van der Waals surface area contributed by atoms with Crippen LogP contribution in [-0.4, -0.2) is 17.6 Å². The molecule has 3 rings (SSSR count). The van der Waals surface area contributed by atoms with E-state index in [-0.39, 0.29) is 11.6 Å². The van der Waals surface area contributed by atoms with Crippen molar-refractivity contribution in [3.05, 3.63) is 30.3 Å². The molecule has 16 heavy (non-hydrogen) atoms. The fourth-order valence-electron chi connectivity index (χ4n) is 3.30. The zero-order valence-electron chi connectivity index (χ0n) is 9.30. The Balaban J connectivity index is 2.05. The van der Waals surface area contributed by atoms with Crippen molar-refractivity contribution in [3.63, 3.8) is 0 Å². The van der Waals surface area contributed by atoms with Crippen LogP contribution >= 0.6 is 7.14 Å². The number of hydrogen-bond donors (Lipinski definition) is 0. The molecule has 2 fully saturated rings. The number of benzene rings is 1. The van der Waals surface area contributed by atoms with Gasteiger partial charge in [0.05, 0.1) is 0 Å². The number of rotatable bonds is 1. The second-order valence-electron chi connectivity index (χ2n) is 5.02. The Morgan fingerprint density at radius 2 is 1.94 bits per heavy atom. The van der Waals surface area contributed by atoms with Gasteiger partial charge in [0, 0.05) is 29.5 Å². The first-order valence-electron chi connectivity index (χ1n) is 5.80. The standard InChI is InChI=1S/C13H15O2P/c1-9-11-8-16(15,13(9)7-12(11)14)10-5-3-2-4-6-10/h2-6,9,11,13H,7-8H2,1H3/t9-,11?,13?,16?/m0/s1. The minimum absolute atomic E-state index is 0.0658. The summed E-state index contributed by atoms with van der Waals surface area (Å²) in [4.78, 5) is 11.6. The summed E-state index contributed by atoms with van der Waals surface area (Å²) in [5.74, 6) is 0.717. The maximum Gasteiger partial charge on any atom is 0.137 e. The van der Waals surface area contributed by atoms with E-state index in [1.165, 1.54) is 0 Å². The molecule has 2 bridgehead atoms. The molecular formula is C13H15O2P. The molecule has 1 saturated carbocycles. The average molecular weight is 234 g/mol. The van der Waals surface area contributed by atoms with Crippen molar-refractivity contribution in [2.24, 2.45) is 11.8 Å². The first-order chi connectivity index (χ1) is 7.63. The molecule has 0 spiro atoms. The van der Waals surface area contributed by atoms with Gasteiger partial charge in [0.25, 0.3) is 0 Å². The van der Waals surface area contributed by atoms with Gasteiger partial charge in [0.15, 0.2) is 0 Å². The number of carbonyl (C=O) groups is 1. The van der Waals surface area contributed by atoms with Crippen LogP contribution in [0.1, 0.15) is 13.3 Å². The summed E-state index contributed by atoms with van der Waals surface area (Å²) in [6.45, 7) is 2.09. The molecule has 0 N–H and O–H groups in total. The summed E-state index contributed by atoms with van der Waals surface area (Å²) in [6, 6.07) is 9.73. The van der Waals surface area contributed by atoms with Gasteiger partial charge in [0.2, 0.25) is 0 Å². The Kier molecular flexibility index (Phi) is 2.12. The fourth-order valence-corrected chi connectivity index (χ4v) is 7.41. The minimum atomic E-state index is -2.30. The van der Waals surface area contributed by atoms with E-state index in [0.29, 0.717) is 24.3 Å². The SMILES string of the molecule is C[C@H]1C2CP(=O)(c3ccccc3)C1CC2=O. The third kappa shape index (κ3) is 1.20. The lowest BCUT2D eigenvalue weighted by atomic mass is 10.0. The third-order valence-corrected chi connectivity index (χ3v) is 8.09. The van der Waals surface area contributed by atoms with E-state index in [0.717, 1.165) is 5.30 Å². The van der Waals surface area contributed by atoms with Crippen molar-refractivity contribution in [2.75, 3.05) is 6.16 Å². The molecule has 4 atom stereocenters. The Bertz CT molecular complexity index is 480. The van der Waals surface area contributed by atoms with Gasteiger partial charge < -0.3 is 4.57 Å². The van der Waals surface area contributed by atoms with Gasteiger partial charge >= 0.3 is 0 Å². The van der Waals surface area contributed by atoms with Crippen molar-refractivity contribution >= 4 is 18.2 Å². The molecule has 2 aliphatic rings. The lowest BCUT2D eigenvalue weighted by Gasteiger charge is -2.22. The minimum Gasteiger partial charge on any atom is -0.318 e. The van der Waals surface area contributed by atoms with Gasteiger partial charge in [-0.2, -0.15) is 0 Å². The number of fused-ring (bicyclic) bond motifs is 2. The largest absolute Gasteiger partial charge is 0.318 e. The van der Waals surface area contributed by atoms with E-state index < -0.39 is 7.14 Å². The summed E-state index contributed by atoms with van der Waals surface area (Å²) in [6.07, 6.45) is 1.15. The highest BCUT2D eigenvalue weighted by Crippen LogP contribution is 2.66. The summed E-state index contributed by atoms with van der Waals surface area (Å²) in [5.41, 5.74) is 0.118. The van der Waals surface area contributed by atoms with Gasteiger partial charge in [-0.25, -0.2) is 0 Å².